The molecule has 2 saturated heterocycles. The van der Waals surface area contributed by atoms with Gasteiger partial charge >= 0.3 is 6.09 Å². The average molecular weight is 614 g/mol. The monoisotopic (exact) mass is 612 g/mol. The van der Waals surface area contributed by atoms with Crippen molar-refractivity contribution in [2.75, 3.05) is 26.7 Å². The first-order valence-corrected chi connectivity index (χ1v) is 14.5. The van der Waals surface area contributed by atoms with E-state index in [-0.39, 0.29) is 50.4 Å². The second kappa shape index (κ2) is 12.9. The first kappa shape index (κ1) is 30.1. The van der Waals surface area contributed by atoms with Crippen molar-refractivity contribution in [3.05, 3.63) is 93.0 Å². The predicted octanol–water partition coefficient (Wildman–Crippen LogP) is 5.84. The van der Waals surface area contributed by atoms with E-state index >= 15 is 0 Å². The van der Waals surface area contributed by atoms with Gasteiger partial charge in [0.1, 0.15) is 11.6 Å². The molecule has 1 amide bonds. The summed E-state index contributed by atoms with van der Waals surface area (Å²) >= 11 is 13.4. The molecular formula is C31H31Cl2FN4O4. The molecule has 0 saturated carbocycles. The number of carbonyl (C=O) groups excluding carboxylic acids is 3. The topological polar surface area (TPSA) is 101 Å². The normalized spacial score (nSPS) is 22.0. The highest BCUT2D eigenvalue weighted by Gasteiger charge is 2.40. The molecule has 8 nitrogen and oxygen atoms in total. The van der Waals surface area contributed by atoms with Crippen LogP contribution in [0, 0.1) is 11.7 Å². The molecule has 0 bridgehead atoms. The van der Waals surface area contributed by atoms with E-state index in [4.69, 9.17) is 27.9 Å². The van der Waals surface area contributed by atoms with E-state index in [1.165, 1.54) is 36.1 Å². The Morgan fingerprint density at radius 1 is 1.07 bits per heavy atom. The van der Waals surface area contributed by atoms with Crippen molar-refractivity contribution in [2.24, 2.45) is 5.92 Å². The summed E-state index contributed by atoms with van der Waals surface area (Å²) in [6, 6.07) is 12.0. The molecule has 1 aromatic heterocycles. The smallest absolute Gasteiger partial charge is 0.410 e. The van der Waals surface area contributed by atoms with Crippen LogP contribution in [0.25, 0.3) is 0 Å². The van der Waals surface area contributed by atoms with Gasteiger partial charge in [-0.15, -0.1) is 0 Å². The fourth-order valence-electron chi connectivity index (χ4n) is 5.81. The van der Waals surface area contributed by atoms with Gasteiger partial charge in [0, 0.05) is 49.3 Å². The second-order valence-corrected chi connectivity index (χ2v) is 11.4. The Balaban J connectivity index is 1.48. The van der Waals surface area contributed by atoms with Gasteiger partial charge in [-0.25, -0.2) is 9.18 Å². The minimum atomic E-state index is -0.642. The Morgan fingerprint density at radius 2 is 1.83 bits per heavy atom. The van der Waals surface area contributed by atoms with Crippen LogP contribution >= 0.6 is 23.2 Å². The number of likely N-dealkylation sites (N-methyl/N-ethyl adjacent to an activating group) is 1. The van der Waals surface area contributed by atoms with Gasteiger partial charge in [-0.3, -0.25) is 14.6 Å². The minimum Gasteiger partial charge on any atom is -0.410 e. The van der Waals surface area contributed by atoms with Crippen molar-refractivity contribution in [3.8, 4) is 5.75 Å². The van der Waals surface area contributed by atoms with E-state index < -0.39 is 23.9 Å². The number of rotatable bonds is 7. The number of nitrogens with one attached hydrogen (secondary N) is 2. The van der Waals surface area contributed by atoms with Crippen LogP contribution in [-0.4, -0.2) is 60.3 Å². The van der Waals surface area contributed by atoms with Gasteiger partial charge in [-0.05, 0) is 74.3 Å². The molecule has 2 fully saturated rings. The zero-order valence-corrected chi connectivity index (χ0v) is 24.7. The molecule has 2 aliphatic rings. The Kier molecular flexibility index (Phi) is 9.22. The number of nitrogens with zero attached hydrogens (tertiary/aromatic N) is 2. The van der Waals surface area contributed by atoms with E-state index in [0.29, 0.717) is 38.0 Å². The summed E-state index contributed by atoms with van der Waals surface area (Å²) in [5.74, 6) is -1.43. The summed E-state index contributed by atoms with van der Waals surface area (Å²) in [5, 5.41) is 6.82. The maximum absolute atomic E-state index is 14.3. The summed E-state index contributed by atoms with van der Waals surface area (Å²) in [7, 11) is 1.60. The first-order chi connectivity index (χ1) is 20.2. The quantitative estimate of drug-likeness (QED) is 0.323. The van der Waals surface area contributed by atoms with Crippen LogP contribution in [0.3, 0.4) is 0 Å². The molecule has 4 atom stereocenters. The standard InChI is InChI=1S/C31H31Cl2FN4O4/c1-17(39)21-14-22(23-15-35-16-26(23)38(2)31(41)42-20-8-6-19(34)7-9-20)27(29(33)28(21)32)30(40)18-10-12-37-25(13-18)24-5-3-4-11-36-24/h3-9,11,14,18,23,25-26,35,37H,10,12-13,15-16H2,1-2H3/t18?,23-,25?,26+/m0/s1. The molecule has 2 aromatic carbocycles. The molecule has 11 heteroatoms. The molecule has 42 heavy (non-hydrogen) atoms. The number of Topliss-reactive ketones (excluding diaryl/α,β-unsaturated/α-hetero) is 2. The van der Waals surface area contributed by atoms with Crippen LogP contribution in [0.5, 0.6) is 5.75 Å². The molecule has 2 unspecified atom stereocenters. The number of carbonyl (C=O) groups is 3. The van der Waals surface area contributed by atoms with Crippen molar-refractivity contribution < 1.29 is 23.5 Å². The number of ketones is 2. The molecule has 2 aliphatic heterocycles. The van der Waals surface area contributed by atoms with Gasteiger partial charge in [0.05, 0.1) is 27.8 Å². The van der Waals surface area contributed by atoms with Crippen LogP contribution in [0.4, 0.5) is 9.18 Å². The fourth-order valence-corrected chi connectivity index (χ4v) is 6.40. The maximum atomic E-state index is 14.3. The molecule has 220 valence electrons. The SMILES string of the molecule is CC(=O)c1cc([C@@H]2CNC[C@H]2N(C)C(=O)Oc2ccc(F)cc2)c(C(=O)C2CCNC(c3ccccn3)C2)c(Cl)c1Cl. The Labute approximate surface area is 253 Å². The highest BCUT2D eigenvalue weighted by atomic mass is 35.5. The van der Waals surface area contributed by atoms with Crippen molar-refractivity contribution >= 4 is 40.9 Å². The van der Waals surface area contributed by atoms with Crippen molar-refractivity contribution in [1.29, 1.82) is 0 Å². The summed E-state index contributed by atoms with van der Waals surface area (Å²) in [4.78, 5) is 45.8. The third kappa shape index (κ3) is 6.20. The van der Waals surface area contributed by atoms with E-state index in [1.807, 2.05) is 18.2 Å². The number of aromatic nitrogens is 1. The largest absolute Gasteiger partial charge is 0.415 e. The average Bonchev–Trinajstić information content (AvgIpc) is 3.49. The lowest BCUT2D eigenvalue weighted by molar-refractivity contribution is 0.0875. The van der Waals surface area contributed by atoms with E-state index in [1.54, 1.807) is 19.3 Å². The van der Waals surface area contributed by atoms with Gasteiger partial charge in [-0.2, -0.15) is 0 Å². The van der Waals surface area contributed by atoms with E-state index in [9.17, 15) is 18.8 Å². The van der Waals surface area contributed by atoms with Gasteiger partial charge in [-0.1, -0.05) is 29.3 Å². The lowest BCUT2D eigenvalue weighted by Crippen LogP contribution is -2.43. The number of amides is 1. The van der Waals surface area contributed by atoms with E-state index in [0.717, 1.165) is 5.69 Å². The third-order valence-electron chi connectivity index (χ3n) is 8.07. The number of ether oxygens (including phenoxy) is 1. The Bertz CT molecular complexity index is 1490. The zero-order chi connectivity index (χ0) is 30.0. The third-order valence-corrected chi connectivity index (χ3v) is 8.94. The predicted molar refractivity (Wildman–Crippen MR) is 158 cm³/mol. The fraction of sp³-hybridized carbons (Fsp3) is 0.355. The maximum Gasteiger partial charge on any atom is 0.415 e. The Hall–Kier alpha value is -3.37. The lowest BCUT2D eigenvalue weighted by Gasteiger charge is -2.32. The molecule has 0 aliphatic carbocycles. The van der Waals surface area contributed by atoms with Crippen molar-refractivity contribution in [2.45, 2.75) is 37.8 Å². The zero-order valence-electron chi connectivity index (χ0n) is 23.2. The molecule has 0 spiro atoms. The van der Waals surface area contributed by atoms with Crippen LogP contribution in [0.1, 0.15) is 63.7 Å². The second-order valence-electron chi connectivity index (χ2n) is 10.7. The molecule has 5 rings (SSSR count). The minimum absolute atomic E-state index is 0.0399. The number of pyridine rings is 1. The van der Waals surface area contributed by atoms with Crippen LogP contribution < -0.4 is 15.4 Å². The van der Waals surface area contributed by atoms with Gasteiger partial charge in [0.25, 0.3) is 0 Å². The molecule has 3 aromatic rings. The molecule has 0 radical (unpaired) electrons. The van der Waals surface area contributed by atoms with Crippen LogP contribution in [0.15, 0.2) is 54.7 Å². The Morgan fingerprint density at radius 3 is 2.52 bits per heavy atom. The number of hydrogen-bond acceptors (Lipinski definition) is 7. The lowest BCUT2D eigenvalue weighted by atomic mass is 9.80. The number of benzene rings is 2. The number of halogens is 3. The van der Waals surface area contributed by atoms with Crippen molar-refractivity contribution in [1.82, 2.24) is 20.5 Å². The number of hydrogen-bond donors (Lipinski definition) is 2. The van der Waals surface area contributed by atoms with E-state index in [2.05, 4.69) is 15.6 Å². The summed E-state index contributed by atoms with van der Waals surface area (Å²) in [6.45, 7) is 2.86. The highest BCUT2D eigenvalue weighted by Crippen LogP contribution is 2.41. The van der Waals surface area contributed by atoms with Gasteiger partial charge in [0.15, 0.2) is 11.6 Å². The number of piperidine rings is 1. The van der Waals surface area contributed by atoms with Crippen molar-refractivity contribution in [3.63, 3.8) is 0 Å². The van der Waals surface area contributed by atoms with Gasteiger partial charge in [0.2, 0.25) is 0 Å². The molecular weight excluding hydrogens is 582 g/mol. The summed E-state index contributed by atoms with van der Waals surface area (Å²) in [6.07, 6.45) is 2.20. The summed E-state index contributed by atoms with van der Waals surface area (Å²) < 4.78 is 18.8. The summed E-state index contributed by atoms with van der Waals surface area (Å²) in [5.41, 5.74) is 1.90. The molecule has 2 N–H and O–H groups in total. The van der Waals surface area contributed by atoms with Gasteiger partial charge < -0.3 is 20.3 Å². The first-order valence-electron chi connectivity index (χ1n) is 13.8. The van der Waals surface area contributed by atoms with Crippen LogP contribution in [0.2, 0.25) is 10.0 Å². The highest BCUT2D eigenvalue weighted by molar-refractivity contribution is 6.46. The van der Waals surface area contributed by atoms with Crippen LogP contribution in [-0.2, 0) is 0 Å². The molecule has 3 heterocycles.